The SMILES string of the molecule is CCN(c1ccc(C(=O)OC)cc1)c1nc(C)cc(C)n1. The van der Waals surface area contributed by atoms with Crippen LogP contribution in [0.25, 0.3) is 0 Å². The van der Waals surface area contributed by atoms with Crippen molar-refractivity contribution in [3.63, 3.8) is 0 Å². The second-order valence-electron chi connectivity index (χ2n) is 4.73. The lowest BCUT2D eigenvalue weighted by Crippen LogP contribution is -2.19. The maximum Gasteiger partial charge on any atom is 0.337 e. The second kappa shape index (κ2) is 6.35. The molecule has 1 aromatic carbocycles. The Labute approximate surface area is 124 Å². The number of aryl methyl sites for hydroxylation is 2. The third kappa shape index (κ3) is 3.37. The van der Waals surface area contributed by atoms with E-state index in [0.717, 1.165) is 23.6 Å². The van der Waals surface area contributed by atoms with Crippen LogP contribution in [0.5, 0.6) is 0 Å². The van der Waals surface area contributed by atoms with Gasteiger partial charge in [-0.15, -0.1) is 0 Å². The minimum atomic E-state index is -0.341. The zero-order valence-corrected chi connectivity index (χ0v) is 12.8. The molecule has 0 aliphatic rings. The zero-order valence-electron chi connectivity index (χ0n) is 12.8. The van der Waals surface area contributed by atoms with E-state index in [2.05, 4.69) is 9.97 Å². The Balaban J connectivity index is 2.35. The molecule has 0 unspecified atom stereocenters. The first kappa shape index (κ1) is 15.0. The molecule has 0 amide bonds. The van der Waals surface area contributed by atoms with Crippen LogP contribution in [0.3, 0.4) is 0 Å². The van der Waals surface area contributed by atoms with Crippen molar-refractivity contribution in [3.05, 3.63) is 47.3 Å². The Bertz CT molecular complexity index is 618. The van der Waals surface area contributed by atoms with Gasteiger partial charge < -0.3 is 9.64 Å². The van der Waals surface area contributed by atoms with Crippen molar-refractivity contribution in [3.8, 4) is 0 Å². The Kier molecular flexibility index (Phi) is 4.52. The molecule has 0 aliphatic carbocycles. The fraction of sp³-hybridized carbons (Fsp3) is 0.312. The number of aromatic nitrogens is 2. The van der Waals surface area contributed by atoms with Crippen LogP contribution in [0.1, 0.15) is 28.7 Å². The summed E-state index contributed by atoms with van der Waals surface area (Å²) >= 11 is 0. The predicted octanol–water partition coefficient (Wildman–Crippen LogP) is 3.04. The molecule has 0 aliphatic heterocycles. The normalized spacial score (nSPS) is 10.3. The average molecular weight is 285 g/mol. The van der Waals surface area contributed by atoms with Crippen molar-refractivity contribution >= 4 is 17.6 Å². The van der Waals surface area contributed by atoms with Crippen LogP contribution in [0.15, 0.2) is 30.3 Å². The molecular weight excluding hydrogens is 266 g/mol. The van der Waals surface area contributed by atoms with Crippen molar-refractivity contribution in [2.24, 2.45) is 0 Å². The van der Waals surface area contributed by atoms with E-state index in [0.29, 0.717) is 11.5 Å². The standard InChI is InChI=1S/C16H19N3O2/c1-5-19(16-17-11(2)10-12(3)18-16)14-8-6-13(7-9-14)15(20)21-4/h6-10H,5H2,1-4H3. The average Bonchev–Trinajstić information content (AvgIpc) is 2.47. The number of benzene rings is 1. The number of esters is 1. The molecule has 1 heterocycles. The van der Waals surface area contributed by atoms with Crippen molar-refractivity contribution in [1.29, 1.82) is 0 Å². The Morgan fingerprint density at radius 1 is 1.14 bits per heavy atom. The first-order valence-corrected chi connectivity index (χ1v) is 6.83. The highest BCUT2D eigenvalue weighted by molar-refractivity contribution is 5.89. The predicted molar refractivity (Wildman–Crippen MR) is 82.0 cm³/mol. The third-order valence-electron chi connectivity index (χ3n) is 3.13. The van der Waals surface area contributed by atoms with E-state index in [1.54, 1.807) is 12.1 Å². The van der Waals surface area contributed by atoms with Gasteiger partial charge in [0.05, 0.1) is 12.7 Å². The summed E-state index contributed by atoms with van der Waals surface area (Å²) in [5.74, 6) is 0.327. The highest BCUT2D eigenvalue weighted by Crippen LogP contribution is 2.23. The number of carbonyl (C=O) groups excluding carboxylic acids is 1. The summed E-state index contributed by atoms with van der Waals surface area (Å²) in [6.07, 6.45) is 0. The number of hydrogen-bond acceptors (Lipinski definition) is 5. The quantitative estimate of drug-likeness (QED) is 0.808. The number of methoxy groups -OCH3 is 1. The van der Waals surface area contributed by atoms with Gasteiger partial charge in [-0.2, -0.15) is 0 Å². The lowest BCUT2D eigenvalue weighted by Gasteiger charge is -2.21. The molecule has 21 heavy (non-hydrogen) atoms. The highest BCUT2D eigenvalue weighted by Gasteiger charge is 2.12. The van der Waals surface area contributed by atoms with Crippen molar-refractivity contribution in [1.82, 2.24) is 9.97 Å². The molecule has 110 valence electrons. The van der Waals surface area contributed by atoms with Gasteiger partial charge in [-0.25, -0.2) is 14.8 Å². The van der Waals surface area contributed by atoms with Gasteiger partial charge >= 0.3 is 5.97 Å². The molecule has 0 radical (unpaired) electrons. The first-order chi connectivity index (χ1) is 10.0. The lowest BCUT2D eigenvalue weighted by molar-refractivity contribution is 0.0601. The van der Waals surface area contributed by atoms with E-state index < -0.39 is 0 Å². The minimum Gasteiger partial charge on any atom is -0.465 e. The number of ether oxygens (including phenoxy) is 1. The minimum absolute atomic E-state index is 0.341. The first-order valence-electron chi connectivity index (χ1n) is 6.83. The Hall–Kier alpha value is -2.43. The molecule has 0 N–H and O–H groups in total. The van der Waals surface area contributed by atoms with Crippen molar-refractivity contribution in [2.45, 2.75) is 20.8 Å². The third-order valence-corrected chi connectivity index (χ3v) is 3.13. The van der Waals surface area contributed by atoms with Gasteiger partial charge in [0.15, 0.2) is 0 Å². The number of rotatable bonds is 4. The summed E-state index contributed by atoms with van der Waals surface area (Å²) in [5.41, 5.74) is 3.33. The van der Waals surface area contributed by atoms with Gasteiger partial charge in [0, 0.05) is 23.6 Å². The van der Waals surface area contributed by atoms with Crippen molar-refractivity contribution < 1.29 is 9.53 Å². The van der Waals surface area contributed by atoms with E-state index in [9.17, 15) is 4.79 Å². The molecule has 0 atom stereocenters. The summed E-state index contributed by atoms with van der Waals surface area (Å²) in [6.45, 7) is 6.68. The van der Waals surface area contributed by atoms with Crippen LogP contribution in [-0.2, 0) is 4.74 Å². The summed E-state index contributed by atoms with van der Waals surface area (Å²) in [6, 6.07) is 9.17. The number of carbonyl (C=O) groups is 1. The summed E-state index contributed by atoms with van der Waals surface area (Å²) in [5, 5.41) is 0. The molecule has 0 spiro atoms. The van der Waals surface area contributed by atoms with E-state index >= 15 is 0 Å². The number of nitrogens with zero attached hydrogens (tertiary/aromatic N) is 3. The molecule has 2 rings (SSSR count). The maximum atomic E-state index is 11.5. The molecule has 0 fully saturated rings. The lowest BCUT2D eigenvalue weighted by atomic mass is 10.2. The molecule has 0 bridgehead atoms. The van der Waals surface area contributed by atoms with E-state index in [4.69, 9.17) is 4.74 Å². The van der Waals surface area contributed by atoms with Crippen LogP contribution >= 0.6 is 0 Å². The summed E-state index contributed by atoms with van der Waals surface area (Å²) in [4.78, 5) is 22.4. The topological polar surface area (TPSA) is 55.3 Å². The molecule has 1 aromatic heterocycles. The summed E-state index contributed by atoms with van der Waals surface area (Å²) in [7, 11) is 1.37. The van der Waals surface area contributed by atoms with Gasteiger partial charge in [0.25, 0.3) is 0 Å². The second-order valence-corrected chi connectivity index (χ2v) is 4.73. The molecule has 2 aromatic rings. The maximum absolute atomic E-state index is 11.5. The smallest absolute Gasteiger partial charge is 0.337 e. The molecule has 5 heteroatoms. The van der Waals surface area contributed by atoms with Gasteiger partial charge in [0.2, 0.25) is 5.95 Å². The zero-order chi connectivity index (χ0) is 15.4. The van der Waals surface area contributed by atoms with Gasteiger partial charge in [0.1, 0.15) is 0 Å². The largest absolute Gasteiger partial charge is 0.465 e. The van der Waals surface area contributed by atoms with Gasteiger partial charge in [-0.3, -0.25) is 0 Å². The van der Waals surface area contributed by atoms with Crippen LogP contribution in [-0.4, -0.2) is 29.6 Å². The Morgan fingerprint density at radius 3 is 2.19 bits per heavy atom. The van der Waals surface area contributed by atoms with Gasteiger partial charge in [-0.1, -0.05) is 0 Å². The van der Waals surface area contributed by atoms with Crippen LogP contribution in [0.2, 0.25) is 0 Å². The van der Waals surface area contributed by atoms with E-state index in [1.807, 2.05) is 43.9 Å². The summed E-state index contributed by atoms with van der Waals surface area (Å²) < 4.78 is 4.70. The number of hydrogen-bond donors (Lipinski definition) is 0. The van der Waals surface area contributed by atoms with Crippen molar-refractivity contribution in [2.75, 3.05) is 18.6 Å². The molecule has 0 saturated carbocycles. The van der Waals surface area contributed by atoms with Crippen LogP contribution in [0.4, 0.5) is 11.6 Å². The fourth-order valence-corrected chi connectivity index (χ4v) is 2.16. The molecular formula is C16H19N3O2. The molecule has 0 saturated heterocycles. The highest BCUT2D eigenvalue weighted by atomic mass is 16.5. The monoisotopic (exact) mass is 285 g/mol. The fourth-order valence-electron chi connectivity index (χ4n) is 2.16. The molecule has 5 nitrogen and oxygen atoms in total. The van der Waals surface area contributed by atoms with E-state index in [1.165, 1.54) is 7.11 Å². The van der Waals surface area contributed by atoms with E-state index in [-0.39, 0.29) is 5.97 Å². The van der Waals surface area contributed by atoms with Gasteiger partial charge in [-0.05, 0) is 51.1 Å². The number of anilines is 2. The Morgan fingerprint density at radius 2 is 1.71 bits per heavy atom. The van der Waals surface area contributed by atoms with Crippen LogP contribution < -0.4 is 4.90 Å². The van der Waals surface area contributed by atoms with Crippen LogP contribution in [0, 0.1) is 13.8 Å².